The maximum absolute atomic E-state index is 12.8. The first-order chi connectivity index (χ1) is 11.6. The molecule has 1 saturated heterocycles. The third-order valence-corrected chi connectivity index (χ3v) is 6.79. The lowest BCUT2D eigenvalue weighted by Gasteiger charge is -2.37. The van der Waals surface area contributed by atoms with E-state index in [0.717, 1.165) is 31.8 Å². The summed E-state index contributed by atoms with van der Waals surface area (Å²) < 4.78 is 0. The molecule has 0 saturated carbocycles. The molecule has 0 aromatic carbocycles. The van der Waals surface area contributed by atoms with E-state index in [-0.39, 0.29) is 11.9 Å². The van der Waals surface area contributed by atoms with Crippen molar-refractivity contribution in [1.29, 1.82) is 0 Å². The molecule has 2 rings (SSSR count). The molecule has 0 bridgehead atoms. The fourth-order valence-electron chi connectivity index (χ4n) is 3.56. The van der Waals surface area contributed by atoms with Crippen LogP contribution in [0.15, 0.2) is 17.5 Å². The summed E-state index contributed by atoms with van der Waals surface area (Å²) in [5, 5.41) is 5.34. The molecule has 5 heteroatoms. The Balaban J connectivity index is 2.05. The van der Waals surface area contributed by atoms with Gasteiger partial charge >= 0.3 is 0 Å². The Morgan fingerprint density at radius 2 is 2.08 bits per heavy atom. The number of hydrogen-bond acceptors (Lipinski definition) is 4. The van der Waals surface area contributed by atoms with Crippen LogP contribution in [0.5, 0.6) is 0 Å². The molecule has 2 heterocycles. The molecule has 24 heavy (non-hydrogen) atoms. The van der Waals surface area contributed by atoms with E-state index < -0.39 is 5.41 Å². The van der Waals surface area contributed by atoms with Gasteiger partial charge in [0.2, 0.25) is 5.91 Å². The van der Waals surface area contributed by atoms with Gasteiger partial charge in [-0.25, -0.2) is 0 Å². The van der Waals surface area contributed by atoms with E-state index in [1.54, 1.807) is 11.3 Å². The maximum atomic E-state index is 12.8. The van der Waals surface area contributed by atoms with Gasteiger partial charge in [0.15, 0.2) is 0 Å². The van der Waals surface area contributed by atoms with Gasteiger partial charge in [0, 0.05) is 18.0 Å². The number of likely N-dealkylation sites (tertiary alicyclic amines) is 1. The Morgan fingerprint density at radius 1 is 1.42 bits per heavy atom. The van der Waals surface area contributed by atoms with Crippen LogP contribution >= 0.6 is 11.3 Å². The number of nitrogens with one attached hydrogen (secondary N) is 1. The van der Waals surface area contributed by atoms with Crippen molar-refractivity contribution in [2.45, 2.75) is 52.5 Å². The zero-order valence-electron chi connectivity index (χ0n) is 15.4. The second-order valence-electron chi connectivity index (χ2n) is 7.15. The van der Waals surface area contributed by atoms with Gasteiger partial charge in [-0.15, -0.1) is 11.3 Å². The van der Waals surface area contributed by atoms with Crippen molar-refractivity contribution in [1.82, 2.24) is 10.2 Å². The number of piperidine rings is 1. The fraction of sp³-hybridized carbons (Fsp3) is 0.737. The van der Waals surface area contributed by atoms with Crippen LogP contribution in [-0.2, 0) is 4.79 Å². The highest BCUT2D eigenvalue weighted by Crippen LogP contribution is 2.30. The van der Waals surface area contributed by atoms with E-state index in [1.165, 1.54) is 17.7 Å². The topological polar surface area (TPSA) is 58.4 Å². The Morgan fingerprint density at radius 3 is 2.58 bits per heavy atom. The van der Waals surface area contributed by atoms with Crippen LogP contribution in [0.3, 0.4) is 0 Å². The van der Waals surface area contributed by atoms with Crippen molar-refractivity contribution in [3.63, 3.8) is 0 Å². The van der Waals surface area contributed by atoms with E-state index >= 15 is 0 Å². The average Bonchev–Trinajstić information content (AvgIpc) is 3.13. The predicted octanol–water partition coefficient (Wildman–Crippen LogP) is 3.40. The molecule has 0 radical (unpaired) electrons. The summed E-state index contributed by atoms with van der Waals surface area (Å²) in [4.78, 5) is 16.6. The highest BCUT2D eigenvalue weighted by atomic mass is 32.1. The highest BCUT2D eigenvalue weighted by molar-refractivity contribution is 7.10. The zero-order chi connectivity index (χ0) is 17.6. The highest BCUT2D eigenvalue weighted by Gasteiger charge is 2.34. The van der Waals surface area contributed by atoms with E-state index in [1.807, 2.05) is 0 Å². The Hall–Kier alpha value is -0.910. The van der Waals surface area contributed by atoms with Gasteiger partial charge in [-0.1, -0.05) is 26.8 Å². The van der Waals surface area contributed by atoms with Crippen LogP contribution < -0.4 is 11.1 Å². The number of amides is 1. The molecule has 1 aromatic rings. The number of carbonyl (C=O) groups is 1. The first kappa shape index (κ1) is 19.4. The van der Waals surface area contributed by atoms with Crippen molar-refractivity contribution in [2.75, 3.05) is 26.2 Å². The molecule has 0 aliphatic carbocycles. The largest absolute Gasteiger partial charge is 0.354 e. The molecule has 136 valence electrons. The molecule has 4 nitrogen and oxygen atoms in total. The first-order valence-electron chi connectivity index (χ1n) is 9.32. The maximum Gasteiger partial charge on any atom is 0.227 e. The number of thiophene rings is 1. The van der Waals surface area contributed by atoms with Crippen LogP contribution in [-0.4, -0.2) is 37.0 Å². The molecule has 3 N–H and O–H groups in total. The van der Waals surface area contributed by atoms with Gasteiger partial charge in [0.1, 0.15) is 0 Å². The molecule has 1 fully saturated rings. The number of carbonyl (C=O) groups excluding carboxylic acids is 1. The van der Waals surface area contributed by atoms with Crippen LogP contribution in [0, 0.1) is 11.3 Å². The lowest BCUT2D eigenvalue weighted by molar-refractivity contribution is -0.131. The summed E-state index contributed by atoms with van der Waals surface area (Å²) >= 11 is 1.78. The number of nitrogens with two attached hydrogens (primary N) is 1. The predicted molar refractivity (Wildman–Crippen MR) is 102 cm³/mol. The lowest BCUT2D eigenvalue weighted by atomic mass is 9.81. The van der Waals surface area contributed by atoms with Crippen molar-refractivity contribution >= 4 is 17.2 Å². The van der Waals surface area contributed by atoms with Gasteiger partial charge < -0.3 is 11.1 Å². The minimum absolute atomic E-state index is 0.113. The molecule has 1 aliphatic heterocycles. The average molecular weight is 352 g/mol. The van der Waals surface area contributed by atoms with Gasteiger partial charge in [-0.2, -0.15) is 0 Å². The Kier molecular flexibility index (Phi) is 7.26. The zero-order valence-corrected chi connectivity index (χ0v) is 16.2. The van der Waals surface area contributed by atoms with Gasteiger partial charge in [0.25, 0.3) is 0 Å². The van der Waals surface area contributed by atoms with Gasteiger partial charge in [-0.05, 0) is 56.1 Å². The Labute approximate surface area is 150 Å². The smallest absolute Gasteiger partial charge is 0.227 e. The third-order valence-electron chi connectivity index (χ3n) is 5.81. The van der Waals surface area contributed by atoms with Crippen LogP contribution in [0.4, 0.5) is 0 Å². The second-order valence-corrected chi connectivity index (χ2v) is 8.13. The quantitative estimate of drug-likeness (QED) is 0.755. The summed E-state index contributed by atoms with van der Waals surface area (Å²) in [5.74, 6) is 0.923. The van der Waals surface area contributed by atoms with Crippen LogP contribution in [0.25, 0.3) is 0 Å². The number of hydrogen-bond donors (Lipinski definition) is 2. The van der Waals surface area contributed by atoms with E-state index in [9.17, 15) is 4.79 Å². The number of rotatable bonds is 8. The normalized spacial score (nSPS) is 18.5. The SMILES string of the molecule is CCC(CC)(CN)C(=O)NCC(c1cccs1)N1CCC(C)CC1. The van der Waals surface area contributed by atoms with Gasteiger partial charge in [0.05, 0.1) is 11.5 Å². The summed E-state index contributed by atoms with van der Waals surface area (Å²) in [7, 11) is 0. The first-order valence-corrected chi connectivity index (χ1v) is 10.2. The Bertz CT molecular complexity index is 482. The van der Waals surface area contributed by atoms with Crippen molar-refractivity contribution in [3.05, 3.63) is 22.4 Å². The summed E-state index contributed by atoms with van der Waals surface area (Å²) in [6, 6.07) is 4.57. The molecule has 1 unspecified atom stereocenters. The monoisotopic (exact) mass is 351 g/mol. The minimum Gasteiger partial charge on any atom is -0.354 e. The van der Waals surface area contributed by atoms with Crippen molar-refractivity contribution < 1.29 is 4.79 Å². The van der Waals surface area contributed by atoms with E-state index in [0.29, 0.717) is 13.1 Å². The van der Waals surface area contributed by atoms with Crippen molar-refractivity contribution in [2.24, 2.45) is 17.1 Å². The molecule has 1 amide bonds. The standard InChI is InChI=1S/C19H33N3OS/c1-4-19(5-2,14-20)18(23)21-13-16(17-7-6-12-24-17)22-10-8-15(3)9-11-22/h6-7,12,15-16H,4-5,8-11,13-14,20H2,1-3H3,(H,21,23). The summed E-state index contributed by atoms with van der Waals surface area (Å²) in [5.41, 5.74) is 5.50. The van der Waals surface area contributed by atoms with E-state index in [4.69, 9.17) is 5.73 Å². The molecular weight excluding hydrogens is 318 g/mol. The third kappa shape index (κ3) is 4.38. The molecule has 1 aromatic heterocycles. The van der Waals surface area contributed by atoms with Crippen molar-refractivity contribution in [3.8, 4) is 0 Å². The lowest BCUT2D eigenvalue weighted by Crippen LogP contribution is -2.48. The van der Waals surface area contributed by atoms with Gasteiger partial charge in [-0.3, -0.25) is 9.69 Å². The number of nitrogens with zero attached hydrogens (tertiary/aromatic N) is 1. The summed E-state index contributed by atoms with van der Waals surface area (Å²) in [6.07, 6.45) is 4.06. The molecule has 1 aliphatic rings. The molecular formula is C19H33N3OS. The summed E-state index contributed by atoms with van der Waals surface area (Å²) in [6.45, 7) is 9.76. The molecule has 1 atom stereocenters. The fourth-order valence-corrected chi connectivity index (χ4v) is 4.42. The van der Waals surface area contributed by atoms with Crippen LogP contribution in [0.1, 0.15) is 57.4 Å². The second kappa shape index (κ2) is 8.97. The molecule has 0 spiro atoms. The minimum atomic E-state index is -0.420. The van der Waals surface area contributed by atoms with Crippen LogP contribution in [0.2, 0.25) is 0 Å². The van der Waals surface area contributed by atoms with E-state index in [2.05, 4.69) is 48.5 Å².